The molecule has 0 aromatic heterocycles. The van der Waals surface area contributed by atoms with E-state index in [2.05, 4.69) is 31.0 Å². The highest BCUT2D eigenvalue weighted by Gasteiger charge is 2.83. The van der Waals surface area contributed by atoms with E-state index >= 15 is 0 Å². The number of piperidine rings is 1. The van der Waals surface area contributed by atoms with Crippen LogP contribution < -0.4 is 0 Å². The molecule has 6 heteroatoms. The predicted molar refractivity (Wildman–Crippen MR) is 146 cm³/mol. The Hall–Kier alpha value is -1.47. The van der Waals surface area contributed by atoms with Crippen molar-refractivity contribution >= 4 is 5.97 Å². The molecule has 38 heavy (non-hydrogen) atoms. The number of nitrogens with zero attached hydrogens (tertiary/aromatic N) is 1. The number of aliphatic hydroxyl groups is 1. The van der Waals surface area contributed by atoms with Crippen LogP contribution in [-0.4, -0.2) is 72.2 Å². The van der Waals surface area contributed by atoms with Crippen LogP contribution in [0.3, 0.4) is 0 Å². The van der Waals surface area contributed by atoms with Crippen LogP contribution >= 0.6 is 0 Å². The van der Waals surface area contributed by atoms with Gasteiger partial charge >= 0.3 is 5.97 Å². The molecule has 210 valence electrons. The van der Waals surface area contributed by atoms with Crippen LogP contribution in [0.15, 0.2) is 36.0 Å². The van der Waals surface area contributed by atoms with Crippen molar-refractivity contribution in [2.75, 3.05) is 20.7 Å². The van der Waals surface area contributed by atoms with E-state index in [1.54, 1.807) is 13.2 Å². The third-order valence-corrected chi connectivity index (χ3v) is 11.7. The van der Waals surface area contributed by atoms with Gasteiger partial charge in [0.25, 0.3) is 0 Å². The molecule has 0 amide bonds. The molecule has 0 radical (unpaired) electrons. The molecular formula is C32H47NO5. The lowest BCUT2D eigenvalue weighted by atomic mass is 9.32. The van der Waals surface area contributed by atoms with E-state index < -0.39 is 11.2 Å². The first-order valence-electron chi connectivity index (χ1n) is 14.9. The molecule has 11 atom stereocenters. The van der Waals surface area contributed by atoms with Crippen molar-refractivity contribution in [1.82, 2.24) is 4.90 Å². The minimum Gasteiger partial charge on any atom is -0.456 e. The average Bonchev–Trinajstić information content (AvgIpc) is 3.24. The van der Waals surface area contributed by atoms with Crippen molar-refractivity contribution < 1.29 is 24.1 Å². The maximum Gasteiger partial charge on any atom is 0.331 e. The molecule has 4 bridgehead atoms. The van der Waals surface area contributed by atoms with Crippen LogP contribution in [0.5, 0.6) is 0 Å². The van der Waals surface area contributed by atoms with Gasteiger partial charge in [-0.15, -0.1) is 0 Å². The predicted octanol–water partition coefficient (Wildman–Crippen LogP) is 4.82. The Morgan fingerprint density at radius 3 is 2.79 bits per heavy atom. The van der Waals surface area contributed by atoms with Crippen molar-refractivity contribution in [2.45, 2.75) is 108 Å². The zero-order valence-electron chi connectivity index (χ0n) is 24.1. The normalized spacial score (nSPS) is 48.0. The summed E-state index contributed by atoms with van der Waals surface area (Å²) in [6.07, 6.45) is 16.2. The Morgan fingerprint density at radius 2 is 2.08 bits per heavy atom. The van der Waals surface area contributed by atoms with E-state index in [1.807, 2.05) is 26.8 Å². The van der Waals surface area contributed by atoms with Gasteiger partial charge in [-0.1, -0.05) is 43.2 Å². The third kappa shape index (κ3) is 3.36. The largest absolute Gasteiger partial charge is 0.456 e. The number of carbonyl (C=O) groups excluding carboxylic acids is 1. The van der Waals surface area contributed by atoms with Crippen molar-refractivity contribution in [3.63, 3.8) is 0 Å². The fourth-order valence-corrected chi connectivity index (χ4v) is 10.5. The standard InChI is InChI=1S/C32H47NO5/c1-7-13-29(4,35)23-19-30-14-15-32(23,36-6)28-31(30)16-17-33(5)24(30)18-21-11-12-22(27(38-28)26(21)31)37-25(34)10-8-9-20(2)3/h8-10,14-15,21-24,26-28,35H,7,11-13,16-19H2,1-6H3/b10-8+/t21?,22?,23-,24-,26?,27?,28-,29-,30-,31+,32-/m1/s1. The van der Waals surface area contributed by atoms with Gasteiger partial charge in [0.1, 0.15) is 11.7 Å². The van der Waals surface area contributed by atoms with Crippen LogP contribution in [0, 0.1) is 28.6 Å². The number of rotatable bonds is 7. The van der Waals surface area contributed by atoms with Crippen LogP contribution in [0.4, 0.5) is 0 Å². The SMILES string of the molecule is CCC[C@@](C)(O)[C@H]1C[C@]23C=C[C@]1(OC)[C@@H]1OC4C(OC(=O)/C=C/C=C(C)C)CCC5C[C@H]2N(C)CC[C@]13C54. The summed E-state index contributed by atoms with van der Waals surface area (Å²) in [5, 5.41) is 11.9. The number of likely N-dealkylation sites (tertiary alicyclic amines) is 1. The summed E-state index contributed by atoms with van der Waals surface area (Å²) in [4.78, 5) is 15.4. The summed E-state index contributed by atoms with van der Waals surface area (Å²) in [7, 11) is 4.10. The van der Waals surface area contributed by atoms with E-state index in [0.717, 1.165) is 57.1 Å². The fraction of sp³-hybridized carbons (Fsp3) is 0.781. The minimum absolute atomic E-state index is 0.0539. The number of methoxy groups -OCH3 is 1. The molecule has 5 fully saturated rings. The number of carbonyl (C=O) groups is 1. The Kier molecular flexibility index (Phi) is 6.35. The van der Waals surface area contributed by atoms with Gasteiger partial charge in [-0.25, -0.2) is 4.79 Å². The Balaban J connectivity index is 1.43. The lowest BCUT2D eigenvalue weighted by Gasteiger charge is -2.75. The lowest BCUT2D eigenvalue weighted by molar-refractivity contribution is -0.289. The highest BCUT2D eigenvalue weighted by atomic mass is 16.6. The molecule has 0 aromatic rings. The molecule has 2 saturated heterocycles. The first-order valence-corrected chi connectivity index (χ1v) is 14.9. The summed E-state index contributed by atoms with van der Waals surface area (Å²) in [6.45, 7) is 9.22. The van der Waals surface area contributed by atoms with Gasteiger partial charge in [0, 0.05) is 41.9 Å². The number of hydrogen-bond acceptors (Lipinski definition) is 6. The smallest absolute Gasteiger partial charge is 0.331 e. The van der Waals surface area contributed by atoms with Crippen LogP contribution in [0.25, 0.3) is 0 Å². The molecule has 7 aliphatic rings. The van der Waals surface area contributed by atoms with Crippen molar-refractivity contribution in [3.05, 3.63) is 36.0 Å². The van der Waals surface area contributed by atoms with Crippen LogP contribution in [0.2, 0.25) is 0 Å². The third-order valence-electron chi connectivity index (χ3n) is 11.7. The van der Waals surface area contributed by atoms with Gasteiger partial charge in [0.15, 0.2) is 0 Å². The van der Waals surface area contributed by atoms with Crippen LogP contribution in [-0.2, 0) is 19.0 Å². The number of allylic oxidation sites excluding steroid dienone is 3. The minimum atomic E-state index is -0.855. The highest BCUT2D eigenvalue weighted by Crippen LogP contribution is 2.78. The Bertz CT molecular complexity index is 1060. The van der Waals surface area contributed by atoms with Crippen molar-refractivity contribution in [2.24, 2.45) is 28.6 Å². The molecule has 2 aliphatic heterocycles. The van der Waals surface area contributed by atoms with Gasteiger partial charge in [-0.3, -0.25) is 0 Å². The molecular weight excluding hydrogens is 478 g/mol. The van der Waals surface area contributed by atoms with E-state index in [4.69, 9.17) is 14.2 Å². The zero-order valence-corrected chi connectivity index (χ0v) is 24.1. The zero-order chi connectivity index (χ0) is 27.1. The molecule has 0 aromatic carbocycles. The van der Waals surface area contributed by atoms with E-state index in [1.165, 1.54) is 6.08 Å². The molecule has 2 heterocycles. The number of ether oxygens (including phenoxy) is 3. The summed E-state index contributed by atoms with van der Waals surface area (Å²) in [6, 6.07) is 0.430. The van der Waals surface area contributed by atoms with Crippen LogP contribution in [0.1, 0.15) is 72.6 Å². The lowest BCUT2D eigenvalue weighted by Crippen LogP contribution is -2.80. The monoisotopic (exact) mass is 525 g/mol. The van der Waals surface area contributed by atoms with Crippen molar-refractivity contribution in [1.29, 1.82) is 0 Å². The second-order valence-electron chi connectivity index (χ2n) is 13.7. The van der Waals surface area contributed by atoms with E-state index in [-0.39, 0.29) is 41.0 Å². The topological polar surface area (TPSA) is 68.2 Å². The molecule has 7 rings (SSSR count). The second kappa shape index (κ2) is 9.02. The molecule has 4 unspecified atom stereocenters. The van der Waals surface area contributed by atoms with Gasteiger partial charge in [-0.05, 0) is 78.8 Å². The van der Waals surface area contributed by atoms with Crippen molar-refractivity contribution in [3.8, 4) is 0 Å². The average molecular weight is 526 g/mol. The first kappa shape index (κ1) is 26.7. The highest BCUT2D eigenvalue weighted by molar-refractivity contribution is 5.82. The molecule has 1 N–H and O–H groups in total. The fourth-order valence-electron chi connectivity index (χ4n) is 10.5. The second-order valence-corrected chi connectivity index (χ2v) is 13.7. The quantitative estimate of drug-likeness (QED) is 0.222. The van der Waals surface area contributed by atoms with Gasteiger partial charge in [0.05, 0.1) is 17.8 Å². The maximum atomic E-state index is 12.9. The summed E-state index contributed by atoms with van der Waals surface area (Å²) in [5.41, 5.74) is -0.532. The molecule has 5 aliphatic carbocycles. The van der Waals surface area contributed by atoms with E-state index in [0.29, 0.717) is 17.9 Å². The molecule has 6 nitrogen and oxygen atoms in total. The van der Waals surface area contributed by atoms with E-state index in [9.17, 15) is 9.90 Å². The summed E-state index contributed by atoms with van der Waals surface area (Å²) < 4.78 is 19.9. The Labute approximate surface area is 228 Å². The Morgan fingerprint density at radius 1 is 1.29 bits per heavy atom. The molecule has 3 saturated carbocycles. The number of hydrogen-bond donors (Lipinski definition) is 1. The molecule has 2 spiro atoms. The number of esters is 1. The van der Waals surface area contributed by atoms with Gasteiger partial charge in [0.2, 0.25) is 0 Å². The summed E-state index contributed by atoms with van der Waals surface area (Å²) in [5.74, 6) is 0.542. The van der Waals surface area contributed by atoms with Gasteiger partial charge in [-0.2, -0.15) is 0 Å². The number of fused-ring (bicyclic) bond motifs is 1. The summed E-state index contributed by atoms with van der Waals surface area (Å²) >= 11 is 0. The first-order chi connectivity index (χ1) is 18.1. The van der Waals surface area contributed by atoms with Gasteiger partial charge < -0.3 is 24.2 Å². The maximum absolute atomic E-state index is 12.9.